The summed E-state index contributed by atoms with van der Waals surface area (Å²) in [6, 6.07) is 12.4. The highest BCUT2D eigenvalue weighted by atomic mass is 35.5. The molecule has 0 radical (unpaired) electrons. The van der Waals surface area contributed by atoms with Crippen molar-refractivity contribution in [2.24, 2.45) is 5.92 Å². The van der Waals surface area contributed by atoms with Crippen molar-refractivity contribution in [3.63, 3.8) is 0 Å². The smallest absolute Gasteiger partial charge is 0.273 e. The molecule has 2 unspecified atom stereocenters. The second-order valence-corrected chi connectivity index (χ2v) is 6.93. The Balaban J connectivity index is 2.07. The van der Waals surface area contributed by atoms with Gasteiger partial charge in [-0.05, 0) is 36.2 Å². The van der Waals surface area contributed by atoms with Gasteiger partial charge in [0.15, 0.2) is 0 Å². The topological polar surface area (TPSA) is 96.5 Å². The molecular formula is C21H24ClN3O4. The van der Waals surface area contributed by atoms with E-state index < -0.39 is 17.9 Å². The summed E-state index contributed by atoms with van der Waals surface area (Å²) in [5, 5.41) is 3.09. The molecule has 154 valence electrons. The molecule has 2 atom stereocenters. The van der Waals surface area contributed by atoms with Crippen LogP contribution >= 0.6 is 11.6 Å². The number of carbonyl (C=O) groups is 3. The first kappa shape index (κ1) is 22.2. The van der Waals surface area contributed by atoms with Gasteiger partial charge in [0.05, 0.1) is 12.7 Å². The first-order valence-electron chi connectivity index (χ1n) is 9.17. The maximum atomic E-state index is 12.7. The van der Waals surface area contributed by atoms with Crippen LogP contribution in [0.15, 0.2) is 48.5 Å². The van der Waals surface area contributed by atoms with Crippen LogP contribution < -0.4 is 20.9 Å². The lowest BCUT2D eigenvalue weighted by Gasteiger charge is -2.23. The number of halogens is 1. The third-order valence-electron chi connectivity index (χ3n) is 4.52. The summed E-state index contributed by atoms with van der Waals surface area (Å²) in [5.41, 5.74) is 5.34. The number of amides is 3. The molecule has 3 N–H and O–H groups in total. The van der Waals surface area contributed by atoms with Crippen LogP contribution in [0.1, 0.15) is 41.0 Å². The highest BCUT2D eigenvalue weighted by Gasteiger charge is 2.27. The van der Waals surface area contributed by atoms with Crippen LogP contribution in [0.5, 0.6) is 5.75 Å². The van der Waals surface area contributed by atoms with Gasteiger partial charge < -0.3 is 10.1 Å². The van der Waals surface area contributed by atoms with Crippen molar-refractivity contribution in [3.8, 4) is 5.75 Å². The van der Waals surface area contributed by atoms with Crippen LogP contribution in [0.3, 0.4) is 0 Å². The van der Waals surface area contributed by atoms with Gasteiger partial charge in [-0.15, -0.1) is 0 Å². The molecule has 0 fully saturated rings. The number of ether oxygens (including phenoxy) is 1. The van der Waals surface area contributed by atoms with E-state index in [4.69, 9.17) is 16.3 Å². The van der Waals surface area contributed by atoms with Crippen molar-refractivity contribution in [2.75, 3.05) is 7.11 Å². The van der Waals surface area contributed by atoms with E-state index in [2.05, 4.69) is 16.2 Å². The molecule has 2 aromatic carbocycles. The Bertz CT molecular complexity index is 873. The molecule has 29 heavy (non-hydrogen) atoms. The van der Waals surface area contributed by atoms with Gasteiger partial charge in [-0.25, -0.2) is 0 Å². The van der Waals surface area contributed by atoms with E-state index in [9.17, 15) is 14.4 Å². The maximum Gasteiger partial charge on any atom is 0.273 e. The molecule has 0 aliphatic heterocycles. The lowest BCUT2D eigenvalue weighted by Crippen LogP contribution is -2.54. The molecule has 0 spiro atoms. The monoisotopic (exact) mass is 417 g/mol. The third-order valence-corrected chi connectivity index (χ3v) is 4.76. The van der Waals surface area contributed by atoms with E-state index in [0.29, 0.717) is 22.8 Å². The number of rotatable bonds is 7. The molecule has 0 aromatic heterocycles. The Morgan fingerprint density at radius 3 is 2.34 bits per heavy atom. The van der Waals surface area contributed by atoms with E-state index in [1.54, 1.807) is 42.5 Å². The van der Waals surface area contributed by atoms with Gasteiger partial charge in [0.2, 0.25) is 0 Å². The zero-order chi connectivity index (χ0) is 21.4. The zero-order valence-corrected chi connectivity index (χ0v) is 17.2. The van der Waals surface area contributed by atoms with Crippen molar-refractivity contribution in [3.05, 3.63) is 64.7 Å². The predicted molar refractivity (Wildman–Crippen MR) is 111 cm³/mol. The predicted octanol–water partition coefficient (Wildman–Crippen LogP) is 2.95. The fraction of sp³-hybridized carbons (Fsp3) is 0.286. The number of hydrogen-bond acceptors (Lipinski definition) is 4. The minimum atomic E-state index is -0.825. The van der Waals surface area contributed by atoms with Crippen LogP contribution in [0.2, 0.25) is 5.02 Å². The van der Waals surface area contributed by atoms with Crippen molar-refractivity contribution < 1.29 is 19.1 Å². The highest BCUT2D eigenvalue weighted by molar-refractivity contribution is 6.31. The molecule has 0 saturated carbocycles. The van der Waals surface area contributed by atoms with E-state index in [0.717, 1.165) is 0 Å². The van der Waals surface area contributed by atoms with Crippen molar-refractivity contribution in [1.82, 2.24) is 16.2 Å². The quantitative estimate of drug-likeness (QED) is 0.603. The number of carbonyl (C=O) groups excluding carboxylic acids is 3. The second-order valence-electron chi connectivity index (χ2n) is 6.49. The van der Waals surface area contributed by atoms with Crippen LogP contribution in [0.4, 0.5) is 0 Å². The normalized spacial score (nSPS) is 12.4. The Hall–Kier alpha value is -3.06. The minimum Gasteiger partial charge on any atom is -0.496 e. The van der Waals surface area contributed by atoms with E-state index in [1.165, 1.54) is 13.2 Å². The summed E-state index contributed by atoms with van der Waals surface area (Å²) >= 11 is 5.94. The van der Waals surface area contributed by atoms with Crippen LogP contribution in [-0.4, -0.2) is 30.9 Å². The van der Waals surface area contributed by atoms with E-state index >= 15 is 0 Å². The van der Waals surface area contributed by atoms with Crippen molar-refractivity contribution in [1.29, 1.82) is 0 Å². The number of methoxy groups -OCH3 is 1. The molecule has 0 saturated heterocycles. The molecule has 0 aliphatic rings. The highest BCUT2D eigenvalue weighted by Crippen LogP contribution is 2.22. The third kappa shape index (κ3) is 5.96. The first-order valence-corrected chi connectivity index (χ1v) is 9.54. The lowest BCUT2D eigenvalue weighted by molar-refractivity contribution is -0.124. The largest absolute Gasteiger partial charge is 0.496 e. The fourth-order valence-corrected chi connectivity index (χ4v) is 2.81. The van der Waals surface area contributed by atoms with Crippen molar-refractivity contribution >= 4 is 29.3 Å². The number of hydrazine groups is 1. The molecule has 0 aliphatic carbocycles. The Morgan fingerprint density at radius 2 is 1.72 bits per heavy atom. The molecule has 8 heteroatoms. The summed E-state index contributed by atoms with van der Waals surface area (Å²) in [6.45, 7) is 3.76. The Kier molecular flexibility index (Phi) is 8.03. The molecule has 2 rings (SSSR count). The van der Waals surface area contributed by atoms with E-state index in [-0.39, 0.29) is 17.4 Å². The SMILES string of the molecule is CCC(C)C(NC(=O)c1ccccc1)C(=O)NNC(=O)c1cc(Cl)ccc1OC. The van der Waals surface area contributed by atoms with Crippen LogP contribution in [-0.2, 0) is 4.79 Å². The van der Waals surface area contributed by atoms with Gasteiger partial charge in [-0.3, -0.25) is 25.2 Å². The Labute approximate surface area is 174 Å². The van der Waals surface area contributed by atoms with Crippen LogP contribution in [0, 0.1) is 5.92 Å². The van der Waals surface area contributed by atoms with Gasteiger partial charge in [0.25, 0.3) is 17.7 Å². The maximum absolute atomic E-state index is 12.7. The zero-order valence-electron chi connectivity index (χ0n) is 16.5. The minimum absolute atomic E-state index is 0.153. The van der Waals surface area contributed by atoms with Gasteiger partial charge >= 0.3 is 0 Å². The second kappa shape index (κ2) is 10.5. The standard InChI is InChI=1S/C21H24ClN3O4/c1-4-13(2)18(23-19(26)14-8-6-5-7-9-14)21(28)25-24-20(27)16-12-15(22)10-11-17(16)29-3/h5-13,18H,4H2,1-3H3,(H,23,26)(H,24,27)(H,25,28). The number of benzene rings is 2. The van der Waals surface area contributed by atoms with Crippen LogP contribution in [0.25, 0.3) is 0 Å². The lowest BCUT2D eigenvalue weighted by atomic mass is 9.98. The van der Waals surface area contributed by atoms with Gasteiger partial charge in [-0.1, -0.05) is 50.1 Å². The summed E-state index contributed by atoms with van der Waals surface area (Å²) in [6.07, 6.45) is 0.656. The first-order chi connectivity index (χ1) is 13.9. The fourth-order valence-electron chi connectivity index (χ4n) is 2.64. The molecular weight excluding hydrogens is 394 g/mol. The average Bonchev–Trinajstić information content (AvgIpc) is 2.75. The molecule has 0 bridgehead atoms. The number of hydrogen-bond donors (Lipinski definition) is 3. The molecule has 7 nitrogen and oxygen atoms in total. The molecule has 3 amide bonds. The molecule has 2 aromatic rings. The summed E-state index contributed by atoms with van der Waals surface area (Å²) < 4.78 is 5.14. The van der Waals surface area contributed by atoms with Gasteiger partial charge in [0, 0.05) is 10.6 Å². The summed E-state index contributed by atoms with van der Waals surface area (Å²) in [4.78, 5) is 37.6. The summed E-state index contributed by atoms with van der Waals surface area (Å²) in [5.74, 6) is -1.32. The van der Waals surface area contributed by atoms with Gasteiger partial charge in [-0.2, -0.15) is 0 Å². The van der Waals surface area contributed by atoms with E-state index in [1.807, 2.05) is 13.8 Å². The summed E-state index contributed by atoms with van der Waals surface area (Å²) in [7, 11) is 1.43. The van der Waals surface area contributed by atoms with Crippen molar-refractivity contribution in [2.45, 2.75) is 26.3 Å². The van der Waals surface area contributed by atoms with Gasteiger partial charge in [0.1, 0.15) is 11.8 Å². The average molecular weight is 418 g/mol. The Morgan fingerprint density at radius 1 is 1.03 bits per heavy atom. The number of nitrogens with one attached hydrogen (secondary N) is 3. The molecule has 0 heterocycles.